The van der Waals surface area contributed by atoms with Gasteiger partial charge < -0.3 is 24.4 Å². The van der Waals surface area contributed by atoms with E-state index in [9.17, 15) is 0 Å². The number of benzene rings is 2. The van der Waals surface area contributed by atoms with Crippen LogP contribution in [0.3, 0.4) is 0 Å². The van der Waals surface area contributed by atoms with E-state index >= 15 is 0 Å². The monoisotopic (exact) mass is 502 g/mol. The molecule has 0 atom stereocenters. The fraction of sp³-hybridized carbons (Fsp3) is 0.400. The first kappa shape index (κ1) is 26.6. The first-order valence-electron chi connectivity index (χ1n) is 13.3. The number of aromatic nitrogens is 2. The van der Waals surface area contributed by atoms with E-state index in [1.54, 1.807) is 6.20 Å². The van der Waals surface area contributed by atoms with E-state index in [0.29, 0.717) is 32.4 Å². The lowest BCUT2D eigenvalue weighted by atomic mass is 10.1. The van der Waals surface area contributed by atoms with Gasteiger partial charge in [-0.15, -0.1) is 0 Å². The Hall–Kier alpha value is -3.42. The number of rotatable bonds is 8. The molecule has 0 amide bonds. The summed E-state index contributed by atoms with van der Waals surface area (Å²) in [5, 5.41) is 3.34. The summed E-state index contributed by atoms with van der Waals surface area (Å²) in [6.45, 7) is 9.93. The highest BCUT2D eigenvalue weighted by atomic mass is 16.5. The molecule has 0 fully saturated rings. The van der Waals surface area contributed by atoms with Crippen molar-refractivity contribution in [2.75, 3.05) is 44.8 Å². The van der Waals surface area contributed by atoms with Crippen LogP contribution < -0.4 is 14.8 Å². The summed E-state index contributed by atoms with van der Waals surface area (Å²) in [6.07, 6.45) is 8.87. The number of hydrogen-bond donors (Lipinski definition) is 1. The van der Waals surface area contributed by atoms with Gasteiger partial charge in [0.1, 0.15) is 11.5 Å². The summed E-state index contributed by atoms with van der Waals surface area (Å²) in [5.41, 5.74) is 3.69. The van der Waals surface area contributed by atoms with Gasteiger partial charge in [-0.1, -0.05) is 38.1 Å². The van der Waals surface area contributed by atoms with Crippen molar-refractivity contribution in [1.29, 1.82) is 0 Å². The lowest BCUT2D eigenvalue weighted by Crippen LogP contribution is -2.26. The van der Waals surface area contributed by atoms with Gasteiger partial charge in [0, 0.05) is 29.6 Å². The van der Waals surface area contributed by atoms with Crippen molar-refractivity contribution in [3.05, 3.63) is 72.4 Å². The number of fused-ring (bicyclic) bond motifs is 7. The normalized spacial score (nSPS) is 14.7. The predicted molar refractivity (Wildman–Crippen MR) is 149 cm³/mol. The maximum absolute atomic E-state index is 6.19. The fourth-order valence-electron chi connectivity index (χ4n) is 4.25. The summed E-state index contributed by atoms with van der Waals surface area (Å²) in [7, 11) is 0. The minimum Gasteiger partial charge on any atom is -0.493 e. The summed E-state index contributed by atoms with van der Waals surface area (Å²) in [6, 6.07) is 15.9. The molecule has 2 aromatic carbocycles. The Morgan fingerprint density at radius 3 is 2.89 bits per heavy atom. The maximum Gasteiger partial charge on any atom is 0.227 e. The molecular weight excluding hydrogens is 464 g/mol. The van der Waals surface area contributed by atoms with Crippen LogP contribution in [0.1, 0.15) is 38.7 Å². The summed E-state index contributed by atoms with van der Waals surface area (Å²) in [5.74, 6) is 2.20. The molecule has 2 heterocycles. The van der Waals surface area contributed by atoms with Crippen molar-refractivity contribution >= 4 is 11.6 Å². The molecule has 0 unspecified atom stereocenters. The number of nitrogens with zero attached hydrogens (tertiary/aromatic N) is 3. The Kier molecular flexibility index (Phi) is 10.3. The van der Waals surface area contributed by atoms with E-state index in [2.05, 4.69) is 41.2 Å². The van der Waals surface area contributed by atoms with Crippen LogP contribution in [-0.2, 0) is 11.3 Å². The van der Waals surface area contributed by atoms with Gasteiger partial charge in [-0.2, -0.15) is 0 Å². The molecule has 3 aromatic rings. The van der Waals surface area contributed by atoms with Gasteiger partial charge in [-0.25, -0.2) is 9.97 Å². The third-order valence-electron chi connectivity index (χ3n) is 6.16. The molecule has 0 saturated carbocycles. The largest absolute Gasteiger partial charge is 0.493 e. The highest BCUT2D eigenvalue weighted by Crippen LogP contribution is 2.27. The topological polar surface area (TPSA) is 68.7 Å². The van der Waals surface area contributed by atoms with Crippen LogP contribution in [0.5, 0.6) is 11.5 Å². The van der Waals surface area contributed by atoms with Gasteiger partial charge in [-0.05, 0) is 68.8 Å². The van der Waals surface area contributed by atoms with Gasteiger partial charge in [-0.3, -0.25) is 0 Å². The van der Waals surface area contributed by atoms with Crippen LogP contribution in [0.25, 0.3) is 11.3 Å². The van der Waals surface area contributed by atoms with Crippen molar-refractivity contribution in [3.63, 3.8) is 0 Å². The number of ether oxygens (including phenoxy) is 3. The Morgan fingerprint density at radius 1 is 1.05 bits per heavy atom. The van der Waals surface area contributed by atoms with E-state index in [1.165, 1.54) is 6.42 Å². The molecule has 4 rings (SSSR count). The van der Waals surface area contributed by atoms with E-state index in [1.807, 2.05) is 48.5 Å². The molecule has 37 heavy (non-hydrogen) atoms. The van der Waals surface area contributed by atoms with Crippen molar-refractivity contribution < 1.29 is 14.2 Å². The molecule has 196 valence electrons. The molecule has 0 aliphatic carbocycles. The third-order valence-corrected chi connectivity index (χ3v) is 6.16. The van der Waals surface area contributed by atoms with Crippen molar-refractivity contribution in [2.24, 2.45) is 0 Å². The Labute approximate surface area is 220 Å². The van der Waals surface area contributed by atoms with E-state index in [0.717, 1.165) is 66.5 Å². The average Bonchev–Trinajstić information content (AvgIpc) is 2.92. The molecule has 1 aromatic heterocycles. The molecule has 1 aliphatic rings. The molecular formula is C30H38N4O3. The molecule has 1 N–H and O–H groups in total. The average molecular weight is 503 g/mol. The molecule has 7 nitrogen and oxygen atoms in total. The van der Waals surface area contributed by atoms with Crippen LogP contribution in [0.2, 0.25) is 0 Å². The van der Waals surface area contributed by atoms with Crippen LogP contribution in [-0.4, -0.2) is 54.3 Å². The zero-order chi connectivity index (χ0) is 25.7. The highest BCUT2D eigenvalue weighted by Gasteiger charge is 2.10. The number of nitrogens with one attached hydrogen (secondary N) is 1. The van der Waals surface area contributed by atoms with Gasteiger partial charge in [0.2, 0.25) is 5.95 Å². The lowest BCUT2D eigenvalue weighted by molar-refractivity contribution is 0.144. The van der Waals surface area contributed by atoms with E-state index in [4.69, 9.17) is 19.2 Å². The Balaban J connectivity index is 1.51. The quantitative estimate of drug-likeness (QED) is 0.289. The predicted octanol–water partition coefficient (Wildman–Crippen LogP) is 6.24. The second-order valence-corrected chi connectivity index (χ2v) is 9.00. The van der Waals surface area contributed by atoms with E-state index in [-0.39, 0.29) is 0 Å². The van der Waals surface area contributed by atoms with Crippen molar-refractivity contribution in [2.45, 2.75) is 39.7 Å². The lowest BCUT2D eigenvalue weighted by Gasteiger charge is -2.20. The second-order valence-electron chi connectivity index (χ2n) is 9.00. The molecule has 0 spiro atoms. The zero-order valence-corrected chi connectivity index (χ0v) is 22.0. The summed E-state index contributed by atoms with van der Waals surface area (Å²) < 4.78 is 18.1. The maximum atomic E-state index is 6.19. The molecule has 6 bridgehead atoms. The van der Waals surface area contributed by atoms with Gasteiger partial charge in [0.05, 0.1) is 32.1 Å². The molecule has 1 aliphatic heterocycles. The Bertz CT molecular complexity index is 1150. The zero-order valence-electron chi connectivity index (χ0n) is 22.0. The van der Waals surface area contributed by atoms with Gasteiger partial charge in [0.25, 0.3) is 0 Å². The minimum absolute atomic E-state index is 0.452. The Morgan fingerprint density at radius 2 is 2.00 bits per heavy atom. The molecule has 0 saturated heterocycles. The van der Waals surface area contributed by atoms with Crippen LogP contribution in [0.4, 0.5) is 11.6 Å². The van der Waals surface area contributed by atoms with Crippen LogP contribution >= 0.6 is 0 Å². The fourth-order valence-corrected chi connectivity index (χ4v) is 4.25. The van der Waals surface area contributed by atoms with Crippen molar-refractivity contribution in [3.8, 4) is 22.8 Å². The van der Waals surface area contributed by atoms with Crippen molar-refractivity contribution in [1.82, 2.24) is 14.9 Å². The molecule has 7 heteroatoms. The first-order chi connectivity index (χ1) is 18.2. The summed E-state index contributed by atoms with van der Waals surface area (Å²) in [4.78, 5) is 11.6. The highest BCUT2D eigenvalue weighted by molar-refractivity contribution is 5.64. The van der Waals surface area contributed by atoms with Crippen LogP contribution in [0.15, 0.2) is 66.9 Å². The SMILES string of the molecule is CCCN(CC)CCCOc1ccc2cc1COC/C=C/CCOc1cccc(c1)-c1ccnc(n1)N2. The molecule has 0 radical (unpaired) electrons. The third kappa shape index (κ3) is 8.30. The smallest absolute Gasteiger partial charge is 0.227 e. The second kappa shape index (κ2) is 14.4. The number of anilines is 2. The minimum atomic E-state index is 0.452. The standard InChI is InChI=1S/C30H38N4O3/c1-3-16-34(4-2)17-9-20-37-29-13-12-26-21-25(29)23-35-18-6-5-7-19-36-27-11-8-10-24(22-27)28-14-15-31-30(32-26)33-28/h5-6,8,10-15,21-22H,3-4,7,9,16-20,23H2,1-2H3,(H,31,32,33)/b6-5+. The summed E-state index contributed by atoms with van der Waals surface area (Å²) >= 11 is 0. The van der Waals surface area contributed by atoms with Crippen LogP contribution in [0, 0.1) is 0 Å². The van der Waals surface area contributed by atoms with Gasteiger partial charge >= 0.3 is 0 Å². The van der Waals surface area contributed by atoms with Gasteiger partial charge in [0.15, 0.2) is 0 Å². The van der Waals surface area contributed by atoms with E-state index < -0.39 is 0 Å². The first-order valence-corrected chi connectivity index (χ1v) is 13.3. The number of hydrogen-bond acceptors (Lipinski definition) is 7.